The molecule has 97 heavy (non-hydrogen) atoms. The highest BCUT2D eigenvalue weighted by atomic mass is 31.2. The SMILES string of the molecule is CC/C=C\C/C=C\C/C=C\CCCCCCCCCC(=O)OCC(COP(=O)(O)OCC(O)COP(=O)(O)OCC(O)COC(=O)CCCCCCCCCCCCCCCCC/C=C\C/C=C\C/C=C\C/C=C\CCCCC)OC(=O)CCCCCCCCCCCCCCC. The van der Waals surface area contributed by atoms with Crippen molar-refractivity contribution in [3.63, 3.8) is 0 Å². The number of hydrogen-bond acceptors (Lipinski definition) is 14. The summed E-state index contributed by atoms with van der Waals surface area (Å²) >= 11 is 0. The lowest BCUT2D eigenvalue weighted by atomic mass is 10.0. The number of allylic oxidation sites excluding steroid dienone is 14. The molecule has 18 heteroatoms. The summed E-state index contributed by atoms with van der Waals surface area (Å²) in [6.07, 6.45) is 80.7. The van der Waals surface area contributed by atoms with Crippen LogP contribution in [0.1, 0.15) is 342 Å². The number of carbonyl (C=O) groups is 3. The molecule has 16 nitrogen and oxygen atoms in total. The average Bonchev–Trinajstić information content (AvgIpc) is 1.86. The summed E-state index contributed by atoms with van der Waals surface area (Å²) in [7, 11) is -9.77. The van der Waals surface area contributed by atoms with Crippen LogP contribution in [0.15, 0.2) is 85.1 Å². The zero-order valence-electron chi connectivity index (χ0n) is 61.5. The second-order valence-electron chi connectivity index (χ2n) is 26.1. The van der Waals surface area contributed by atoms with Crippen molar-refractivity contribution in [2.75, 3.05) is 39.6 Å². The Morgan fingerprint density at radius 1 is 0.299 bits per heavy atom. The van der Waals surface area contributed by atoms with Gasteiger partial charge in [0.05, 0.1) is 26.4 Å². The van der Waals surface area contributed by atoms with E-state index in [1.807, 2.05) is 0 Å². The Labute approximate surface area is 591 Å². The Balaban J connectivity index is 4.40. The zero-order valence-corrected chi connectivity index (χ0v) is 63.3. The van der Waals surface area contributed by atoms with E-state index in [1.165, 1.54) is 154 Å². The van der Waals surface area contributed by atoms with Gasteiger partial charge < -0.3 is 34.2 Å². The fraction of sp³-hybridized carbons (Fsp3) is 0.785. The van der Waals surface area contributed by atoms with E-state index in [1.54, 1.807) is 0 Å². The molecule has 4 N–H and O–H groups in total. The van der Waals surface area contributed by atoms with E-state index in [0.29, 0.717) is 19.3 Å². The summed E-state index contributed by atoms with van der Waals surface area (Å²) in [5.41, 5.74) is 0. The molecule has 0 aromatic carbocycles. The molecular formula is C79H142O16P2. The van der Waals surface area contributed by atoms with Crippen LogP contribution in [0.4, 0.5) is 0 Å². The molecular weight excluding hydrogens is 1270 g/mol. The Morgan fingerprint density at radius 2 is 0.546 bits per heavy atom. The first-order valence-electron chi connectivity index (χ1n) is 38.9. The Morgan fingerprint density at radius 3 is 0.887 bits per heavy atom. The van der Waals surface area contributed by atoms with Crippen LogP contribution in [-0.2, 0) is 55.8 Å². The first kappa shape index (κ1) is 93.7. The molecule has 0 amide bonds. The maximum absolute atomic E-state index is 12.9. The molecule has 0 saturated carbocycles. The quantitative estimate of drug-likeness (QED) is 0.0146. The number of phosphoric acid groups is 2. The monoisotopic (exact) mass is 1410 g/mol. The molecule has 0 radical (unpaired) electrons. The molecule has 0 aliphatic carbocycles. The van der Waals surface area contributed by atoms with Crippen molar-refractivity contribution in [1.82, 2.24) is 0 Å². The number of aliphatic hydroxyl groups is 2. The lowest BCUT2D eigenvalue weighted by Crippen LogP contribution is -2.30. The molecule has 0 aliphatic rings. The molecule has 0 spiro atoms. The first-order chi connectivity index (χ1) is 47.2. The summed E-state index contributed by atoms with van der Waals surface area (Å²) in [6, 6.07) is 0. The molecule has 0 aromatic rings. The van der Waals surface area contributed by atoms with Crippen molar-refractivity contribution < 1.29 is 75.8 Å². The highest BCUT2D eigenvalue weighted by Crippen LogP contribution is 2.45. The van der Waals surface area contributed by atoms with Crippen molar-refractivity contribution in [1.29, 1.82) is 0 Å². The number of rotatable bonds is 74. The number of phosphoric ester groups is 2. The topological polar surface area (TPSA) is 231 Å². The van der Waals surface area contributed by atoms with Gasteiger partial charge in [0, 0.05) is 19.3 Å². The largest absolute Gasteiger partial charge is 0.472 e. The van der Waals surface area contributed by atoms with E-state index in [0.717, 1.165) is 128 Å². The van der Waals surface area contributed by atoms with Crippen molar-refractivity contribution in [3.05, 3.63) is 85.1 Å². The van der Waals surface area contributed by atoms with Gasteiger partial charge in [0.15, 0.2) is 6.10 Å². The number of esters is 3. The molecule has 0 aromatic heterocycles. The summed E-state index contributed by atoms with van der Waals surface area (Å²) in [5.74, 6) is -1.57. The van der Waals surface area contributed by atoms with Crippen LogP contribution in [0.2, 0.25) is 0 Å². The highest BCUT2D eigenvalue weighted by Gasteiger charge is 2.29. The van der Waals surface area contributed by atoms with E-state index in [4.69, 9.17) is 32.3 Å². The second kappa shape index (κ2) is 72.5. The molecule has 0 saturated heterocycles. The molecule has 0 fully saturated rings. The molecule has 5 atom stereocenters. The number of aliphatic hydroxyl groups excluding tert-OH is 2. The lowest BCUT2D eigenvalue weighted by Gasteiger charge is -2.21. The van der Waals surface area contributed by atoms with Gasteiger partial charge in [-0.25, -0.2) is 9.13 Å². The maximum Gasteiger partial charge on any atom is 0.472 e. The summed E-state index contributed by atoms with van der Waals surface area (Å²) in [5, 5.41) is 20.6. The van der Waals surface area contributed by atoms with Crippen molar-refractivity contribution in [2.45, 2.75) is 360 Å². The zero-order chi connectivity index (χ0) is 70.9. The number of hydrogen-bond donors (Lipinski definition) is 4. The van der Waals surface area contributed by atoms with Gasteiger partial charge in [-0.15, -0.1) is 0 Å². The van der Waals surface area contributed by atoms with E-state index >= 15 is 0 Å². The number of carbonyl (C=O) groups excluding carboxylic acids is 3. The first-order valence-corrected chi connectivity index (χ1v) is 41.9. The van der Waals surface area contributed by atoms with Gasteiger partial charge >= 0.3 is 33.6 Å². The van der Waals surface area contributed by atoms with E-state index in [9.17, 15) is 43.5 Å². The predicted molar refractivity (Wildman–Crippen MR) is 399 cm³/mol. The minimum Gasteiger partial charge on any atom is -0.463 e. The normalized spacial score (nSPS) is 14.5. The molecule has 0 rings (SSSR count). The third-order valence-corrected chi connectivity index (χ3v) is 18.5. The third kappa shape index (κ3) is 73.8. The number of ether oxygens (including phenoxy) is 3. The van der Waals surface area contributed by atoms with Gasteiger partial charge in [0.1, 0.15) is 25.4 Å². The molecule has 0 heterocycles. The van der Waals surface area contributed by atoms with Crippen molar-refractivity contribution in [2.24, 2.45) is 0 Å². The average molecular weight is 1410 g/mol. The van der Waals surface area contributed by atoms with E-state index in [2.05, 4.69) is 106 Å². The highest BCUT2D eigenvalue weighted by molar-refractivity contribution is 7.47. The summed E-state index contributed by atoms with van der Waals surface area (Å²) in [6.45, 7) is 2.57. The fourth-order valence-electron chi connectivity index (χ4n) is 10.7. The molecule has 0 bridgehead atoms. The summed E-state index contributed by atoms with van der Waals surface area (Å²) < 4.78 is 61.0. The van der Waals surface area contributed by atoms with Crippen molar-refractivity contribution in [3.8, 4) is 0 Å². The van der Waals surface area contributed by atoms with Gasteiger partial charge in [-0.3, -0.25) is 32.5 Å². The van der Waals surface area contributed by atoms with Crippen LogP contribution in [0, 0.1) is 0 Å². The van der Waals surface area contributed by atoms with E-state index < -0.39 is 91.5 Å². The van der Waals surface area contributed by atoms with Crippen molar-refractivity contribution >= 4 is 33.6 Å². The Kier molecular flexibility index (Phi) is 70.1. The number of unbranched alkanes of at least 4 members (excludes halogenated alkanes) is 37. The second-order valence-corrected chi connectivity index (χ2v) is 29.0. The van der Waals surface area contributed by atoms with Crippen LogP contribution >= 0.6 is 15.6 Å². The van der Waals surface area contributed by atoms with Gasteiger partial charge in [-0.1, -0.05) is 311 Å². The van der Waals surface area contributed by atoms with Gasteiger partial charge in [-0.2, -0.15) is 0 Å². The molecule has 564 valence electrons. The predicted octanol–water partition coefficient (Wildman–Crippen LogP) is 22.4. The minimum absolute atomic E-state index is 0.107. The van der Waals surface area contributed by atoms with Crippen LogP contribution in [0.25, 0.3) is 0 Å². The third-order valence-electron chi connectivity index (χ3n) is 16.6. The molecule has 5 unspecified atom stereocenters. The fourth-order valence-corrected chi connectivity index (χ4v) is 12.3. The minimum atomic E-state index is -4.92. The molecule has 0 aliphatic heterocycles. The Hall–Kier alpha value is -3.27. The Bertz CT molecular complexity index is 2110. The van der Waals surface area contributed by atoms with Crippen LogP contribution < -0.4 is 0 Å². The standard InChI is InChI=1S/C79H142O16P2/c1-4-7-10-13-16-19-22-25-27-29-30-31-32-33-34-35-36-37-38-39-40-41-42-44-46-48-50-53-56-59-62-65-77(82)89-68-74(80)69-91-96(85,86)92-70-75(81)71-93-97(87,88)94-73-76(95-79(84)67-64-61-58-55-52-47-24-21-18-15-12-9-6-3)72-90-78(83)66-63-60-57-54-51-49-45-43-28-26-23-20-17-14-11-8-5-2/h8,11,16-17,19-20,25-28,30-31,33-34,74-76,80-81H,4-7,9-10,12-15,18,21-24,29,32,35-73H2,1-3H3,(H,85,86)(H,87,88)/b11-8-,19-16-,20-17-,27-25-,28-26-,31-30-,34-33-. The van der Waals surface area contributed by atoms with Crippen LogP contribution in [0.3, 0.4) is 0 Å². The van der Waals surface area contributed by atoms with E-state index in [-0.39, 0.29) is 19.3 Å². The van der Waals surface area contributed by atoms with Crippen LogP contribution in [-0.4, -0.2) is 95.9 Å². The van der Waals surface area contributed by atoms with Gasteiger partial charge in [-0.05, 0) is 96.3 Å². The lowest BCUT2D eigenvalue weighted by molar-refractivity contribution is -0.161. The maximum atomic E-state index is 12.9. The smallest absolute Gasteiger partial charge is 0.463 e. The van der Waals surface area contributed by atoms with Crippen LogP contribution in [0.5, 0.6) is 0 Å². The van der Waals surface area contributed by atoms with Gasteiger partial charge in [0.25, 0.3) is 0 Å². The van der Waals surface area contributed by atoms with Gasteiger partial charge in [0.2, 0.25) is 0 Å². The summed E-state index contributed by atoms with van der Waals surface area (Å²) in [4.78, 5) is 58.5.